The quantitative estimate of drug-likeness (QED) is 0.911. The van der Waals surface area contributed by atoms with Crippen LogP contribution < -0.4 is 0 Å². The minimum absolute atomic E-state index is 0.200. The molecule has 0 fully saturated rings. The molecule has 0 radical (unpaired) electrons. The summed E-state index contributed by atoms with van der Waals surface area (Å²) in [7, 11) is 0. The number of aromatic nitrogens is 1. The topological polar surface area (TPSA) is 50.2 Å². The van der Waals surface area contributed by atoms with E-state index < -0.39 is 11.4 Å². The normalized spacial score (nSPS) is 12.9. The number of rotatable bonds is 4. The zero-order valence-corrected chi connectivity index (χ0v) is 11.1. The van der Waals surface area contributed by atoms with Crippen LogP contribution in [0.2, 0.25) is 0 Å². The summed E-state index contributed by atoms with van der Waals surface area (Å²) in [5.41, 5.74) is 1.08. The first-order chi connectivity index (χ1) is 9.03. The Labute approximate surface area is 112 Å². The maximum Gasteiger partial charge on any atom is 0.310 e. The SMILES string of the molecule is CC(C)(C(=O)O)C(c1ccccc1)c1ccncc1. The number of carbonyl (C=O) groups is 1. The molecule has 1 heterocycles. The fourth-order valence-electron chi connectivity index (χ4n) is 2.35. The smallest absolute Gasteiger partial charge is 0.310 e. The summed E-state index contributed by atoms with van der Waals surface area (Å²) >= 11 is 0. The molecule has 3 nitrogen and oxygen atoms in total. The highest BCUT2D eigenvalue weighted by Crippen LogP contribution is 2.40. The van der Waals surface area contributed by atoms with Gasteiger partial charge in [-0.3, -0.25) is 9.78 Å². The van der Waals surface area contributed by atoms with E-state index >= 15 is 0 Å². The third kappa shape index (κ3) is 2.65. The van der Waals surface area contributed by atoms with E-state index in [9.17, 15) is 9.90 Å². The maximum absolute atomic E-state index is 11.6. The van der Waals surface area contributed by atoms with Crippen molar-refractivity contribution in [2.24, 2.45) is 5.41 Å². The molecule has 1 atom stereocenters. The van der Waals surface area contributed by atoms with E-state index in [0.717, 1.165) is 11.1 Å². The van der Waals surface area contributed by atoms with Crippen LogP contribution >= 0.6 is 0 Å². The highest BCUT2D eigenvalue weighted by atomic mass is 16.4. The predicted octanol–water partition coefficient (Wildman–Crippen LogP) is 3.32. The van der Waals surface area contributed by atoms with Crippen molar-refractivity contribution in [3.05, 3.63) is 66.0 Å². The van der Waals surface area contributed by atoms with Crippen molar-refractivity contribution < 1.29 is 9.90 Å². The van der Waals surface area contributed by atoms with Gasteiger partial charge in [0.15, 0.2) is 0 Å². The third-order valence-corrected chi connectivity index (χ3v) is 3.45. The molecule has 3 heteroatoms. The van der Waals surface area contributed by atoms with Crippen LogP contribution in [0.3, 0.4) is 0 Å². The molecule has 2 rings (SSSR count). The Morgan fingerprint density at radius 1 is 1.05 bits per heavy atom. The first-order valence-electron chi connectivity index (χ1n) is 6.21. The Morgan fingerprint density at radius 3 is 2.11 bits per heavy atom. The van der Waals surface area contributed by atoms with E-state index in [1.165, 1.54) is 0 Å². The van der Waals surface area contributed by atoms with Gasteiger partial charge in [0, 0.05) is 18.3 Å². The highest BCUT2D eigenvalue weighted by Gasteiger charge is 2.38. The molecule has 19 heavy (non-hydrogen) atoms. The van der Waals surface area contributed by atoms with Gasteiger partial charge in [0.05, 0.1) is 5.41 Å². The molecule has 0 aliphatic carbocycles. The third-order valence-electron chi connectivity index (χ3n) is 3.45. The Morgan fingerprint density at radius 2 is 1.58 bits per heavy atom. The number of aliphatic carboxylic acids is 1. The van der Waals surface area contributed by atoms with Gasteiger partial charge in [-0.25, -0.2) is 0 Å². The van der Waals surface area contributed by atoms with Crippen LogP contribution in [-0.4, -0.2) is 16.1 Å². The van der Waals surface area contributed by atoms with Gasteiger partial charge in [0.2, 0.25) is 0 Å². The summed E-state index contributed by atoms with van der Waals surface area (Å²) in [5.74, 6) is -1.01. The van der Waals surface area contributed by atoms with Gasteiger partial charge in [-0.2, -0.15) is 0 Å². The number of hydrogen-bond acceptors (Lipinski definition) is 2. The zero-order valence-electron chi connectivity index (χ0n) is 11.1. The van der Waals surface area contributed by atoms with E-state index in [-0.39, 0.29) is 5.92 Å². The molecule has 2 aromatic rings. The molecule has 1 unspecified atom stereocenters. The van der Waals surface area contributed by atoms with Crippen LogP contribution in [0.15, 0.2) is 54.9 Å². The molecule has 0 saturated heterocycles. The molecule has 0 bridgehead atoms. The van der Waals surface area contributed by atoms with Crippen molar-refractivity contribution in [2.45, 2.75) is 19.8 Å². The molecular formula is C16H17NO2. The molecule has 0 saturated carbocycles. The number of benzene rings is 1. The van der Waals surface area contributed by atoms with Crippen LogP contribution in [-0.2, 0) is 4.79 Å². The number of carboxylic acid groups (broad SMARTS) is 1. The van der Waals surface area contributed by atoms with E-state index in [1.807, 2.05) is 42.5 Å². The Kier molecular flexibility index (Phi) is 3.65. The molecule has 0 amide bonds. The van der Waals surface area contributed by atoms with E-state index in [1.54, 1.807) is 26.2 Å². The molecule has 1 N–H and O–H groups in total. The van der Waals surface area contributed by atoms with E-state index in [4.69, 9.17) is 0 Å². The second-order valence-electron chi connectivity index (χ2n) is 5.15. The summed E-state index contributed by atoms with van der Waals surface area (Å²) < 4.78 is 0. The summed E-state index contributed by atoms with van der Waals surface area (Å²) in [5, 5.41) is 9.52. The Balaban J connectivity index is 2.55. The van der Waals surface area contributed by atoms with Crippen molar-refractivity contribution in [3.8, 4) is 0 Å². The van der Waals surface area contributed by atoms with Crippen LogP contribution in [0.5, 0.6) is 0 Å². The molecular weight excluding hydrogens is 238 g/mol. The fraction of sp³-hybridized carbons (Fsp3) is 0.250. The lowest BCUT2D eigenvalue weighted by molar-refractivity contribution is -0.147. The van der Waals surface area contributed by atoms with E-state index in [2.05, 4.69) is 4.98 Å². The van der Waals surface area contributed by atoms with Crippen LogP contribution in [0.25, 0.3) is 0 Å². The van der Waals surface area contributed by atoms with Crippen LogP contribution in [0.4, 0.5) is 0 Å². The molecule has 1 aromatic carbocycles. The molecule has 0 spiro atoms. The summed E-state index contributed by atoms with van der Waals surface area (Å²) in [4.78, 5) is 15.6. The predicted molar refractivity (Wildman–Crippen MR) is 73.9 cm³/mol. The summed E-state index contributed by atoms with van der Waals surface area (Å²) in [6, 6.07) is 13.5. The number of carboxylic acids is 1. The van der Waals surface area contributed by atoms with E-state index in [0.29, 0.717) is 0 Å². The Bertz CT molecular complexity index is 510. The monoisotopic (exact) mass is 255 g/mol. The van der Waals surface area contributed by atoms with Crippen molar-refractivity contribution in [2.75, 3.05) is 0 Å². The first-order valence-corrected chi connectivity index (χ1v) is 6.21. The van der Waals surface area contributed by atoms with Crippen LogP contribution in [0.1, 0.15) is 30.9 Å². The molecule has 1 aromatic heterocycles. The summed E-state index contributed by atoms with van der Waals surface area (Å²) in [6.45, 7) is 3.51. The average Bonchev–Trinajstić information content (AvgIpc) is 2.41. The van der Waals surface area contributed by atoms with Crippen molar-refractivity contribution >= 4 is 5.97 Å². The first kappa shape index (κ1) is 13.3. The van der Waals surface area contributed by atoms with Gasteiger partial charge < -0.3 is 5.11 Å². The maximum atomic E-state index is 11.6. The second-order valence-corrected chi connectivity index (χ2v) is 5.15. The molecule has 98 valence electrons. The zero-order chi connectivity index (χ0) is 13.9. The average molecular weight is 255 g/mol. The largest absolute Gasteiger partial charge is 0.481 e. The lowest BCUT2D eigenvalue weighted by Gasteiger charge is -2.31. The van der Waals surface area contributed by atoms with Gasteiger partial charge in [-0.05, 0) is 37.1 Å². The lowest BCUT2D eigenvalue weighted by Crippen LogP contribution is -2.32. The summed E-state index contributed by atoms with van der Waals surface area (Å²) in [6.07, 6.45) is 3.40. The Hall–Kier alpha value is -2.16. The molecule has 0 aliphatic rings. The lowest BCUT2D eigenvalue weighted by atomic mass is 9.71. The van der Waals surface area contributed by atoms with Crippen molar-refractivity contribution in [3.63, 3.8) is 0 Å². The van der Waals surface area contributed by atoms with Gasteiger partial charge in [0.1, 0.15) is 0 Å². The van der Waals surface area contributed by atoms with Gasteiger partial charge >= 0.3 is 5.97 Å². The second kappa shape index (κ2) is 5.22. The fourth-order valence-corrected chi connectivity index (χ4v) is 2.35. The minimum atomic E-state index is -0.886. The molecule has 0 aliphatic heterocycles. The van der Waals surface area contributed by atoms with Gasteiger partial charge in [-0.1, -0.05) is 30.3 Å². The number of pyridine rings is 1. The van der Waals surface area contributed by atoms with Gasteiger partial charge in [-0.15, -0.1) is 0 Å². The highest BCUT2D eigenvalue weighted by molar-refractivity contribution is 5.76. The van der Waals surface area contributed by atoms with Crippen molar-refractivity contribution in [1.82, 2.24) is 4.98 Å². The number of hydrogen-bond donors (Lipinski definition) is 1. The van der Waals surface area contributed by atoms with Crippen LogP contribution in [0, 0.1) is 5.41 Å². The minimum Gasteiger partial charge on any atom is -0.481 e. The van der Waals surface area contributed by atoms with Gasteiger partial charge in [0.25, 0.3) is 0 Å². The number of nitrogens with zero attached hydrogens (tertiary/aromatic N) is 1. The van der Waals surface area contributed by atoms with Crippen molar-refractivity contribution in [1.29, 1.82) is 0 Å². The standard InChI is InChI=1S/C16H17NO2/c1-16(2,15(18)19)14(12-6-4-3-5-7-12)13-8-10-17-11-9-13/h3-11,14H,1-2H3,(H,18,19).